The zero-order valence-electron chi connectivity index (χ0n) is 22.4. The Hall–Kier alpha value is -4.26. The number of piperazine rings is 1. The van der Waals surface area contributed by atoms with Crippen LogP contribution in [0.15, 0.2) is 60.8 Å². The zero-order valence-corrected chi connectivity index (χ0v) is 22.4. The number of hydrogen-bond donors (Lipinski definition) is 0. The van der Waals surface area contributed by atoms with Crippen molar-refractivity contribution in [2.45, 2.75) is 31.9 Å². The normalized spacial score (nSPS) is 19.6. The van der Waals surface area contributed by atoms with Gasteiger partial charge in [-0.2, -0.15) is 0 Å². The first-order valence-electron chi connectivity index (χ1n) is 13.2. The quantitative estimate of drug-likeness (QED) is 0.257. The average Bonchev–Trinajstić information content (AvgIpc) is 3.36. The summed E-state index contributed by atoms with van der Waals surface area (Å²) in [4.78, 5) is 19.0. The maximum atomic E-state index is 12.3. The Morgan fingerprint density at radius 2 is 1.73 bits per heavy atom. The highest BCUT2D eigenvalue weighted by molar-refractivity contribution is 5.51. The summed E-state index contributed by atoms with van der Waals surface area (Å²) >= 11 is 0. The molecule has 1 aromatic heterocycles. The number of imidazole rings is 1. The van der Waals surface area contributed by atoms with Gasteiger partial charge in [-0.3, -0.25) is 9.47 Å². The number of fused-ring (bicyclic) bond motifs is 1. The Kier molecular flexibility index (Phi) is 8.06. The second kappa shape index (κ2) is 11.7. The molecule has 1 fully saturated rings. The third-order valence-electron chi connectivity index (χ3n) is 7.04. The second-order valence-corrected chi connectivity index (χ2v) is 10.2. The Balaban J connectivity index is 1.05. The molecule has 3 heterocycles. The van der Waals surface area contributed by atoms with E-state index >= 15 is 0 Å². The van der Waals surface area contributed by atoms with Crippen LogP contribution in [0, 0.1) is 10.1 Å². The van der Waals surface area contributed by atoms with E-state index in [0.29, 0.717) is 18.7 Å². The monoisotopic (exact) mass is 573 g/mol. The Morgan fingerprint density at radius 1 is 1.05 bits per heavy atom. The lowest BCUT2D eigenvalue weighted by Gasteiger charge is -2.35. The van der Waals surface area contributed by atoms with Gasteiger partial charge in [0.25, 0.3) is 0 Å². The molecule has 0 spiro atoms. The fraction of sp³-hybridized carbons (Fsp3) is 0.393. The summed E-state index contributed by atoms with van der Waals surface area (Å²) in [5, 5.41) is 11.0. The van der Waals surface area contributed by atoms with Crippen molar-refractivity contribution < 1.29 is 32.3 Å². The summed E-state index contributed by atoms with van der Waals surface area (Å²) in [7, 11) is 0. The van der Waals surface area contributed by atoms with E-state index in [1.54, 1.807) is 16.7 Å². The molecule has 2 aliphatic rings. The summed E-state index contributed by atoms with van der Waals surface area (Å²) < 4.78 is 54.4. The van der Waals surface area contributed by atoms with Gasteiger partial charge in [-0.05, 0) is 53.8 Å². The fourth-order valence-corrected chi connectivity index (χ4v) is 4.74. The molecule has 0 N–H and O–H groups in total. The molecule has 1 atom stereocenters. The number of ether oxygens (including phenoxy) is 3. The predicted octanol–water partition coefficient (Wildman–Crippen LogP) is 5.15. The Morgan fingerprint density at radius 3 is 2.39 bits per heavy atom. The van der Waals surface area contributed by atoms with Crippen LogP contribution >= 0.6 is 0 Å². The smallest absolute Gasteiger partial charge is 0.489 e. The molecule has 3 aromatic rings. The molecular weight excluding hydrogens is 543 g/mol. The number of nitrogens with zero attached hydrogens (tertiary/aromatic N) is 5. The molecule has 218 valence electrons. The maximum Gasteiger partial charge on any atom is 0.573 e. The Bertz CT molecular complexity index is 1370. The largest absolute Gasteiger partial charge is 0.573 e. The van der Waals surface area contributed by atoms with Gasteiger partial charge in [0.15, 0.2) is 0 Å². The molecule has 2 aliphatic heterocycles. The van der Waals surface area contributed by atoms with E-state index in [1.165, 1.54) is 18.3 Å². The number of aromatic nitrogens is 2. The SMILES string of the molecule is CC1(COc2ccc(N3CCN(C/C=C/c4ccc(OC(F)(F)F)cc4)CC3)cc2)CCn2cc([N+](=O)[O-])nc2O1. The van der Waals surface area contributed by atoms with Crippen molar-refractivity contribution in [1.29, 1.82) is 0 Å². The van der Waals surface area contributed by atoms with Gasteiger partial charge in [-0.1, -0.05) is 24.3 Å². The van der Waals surface area contributed by atoms with Crippen LogP contribution < -0.4 is 19.1 Å². The highest BCUT2D eigenvalue weighted by atomic mass is 19.4. The lowest BCUT2D eigenvalue weighted by molar-refractivity contribution is -0.389. The van der Waals surface area contributed by atoms with Gasteiger partial charge in [0.05, 0.1) is 0 Å². The molecule has 0 radical (unpaired) electrons. The van der Waals surface area contributed by atoms with Crippen molar-refractivity contribution in [3.63, 3.8) is 0 Å². The number of halogens is 3. The maximum absolute atomic E-state index is 12.3. The molecule has 13 heteroatoms. The van der Waals surface area contributed by atoms with E-state index < -0.39 is 16.9 Å². The summed E-state index contributed by atoms with van der Waals surface area (Å²) in [6.07, 6.45) is 1.22. The average molecular weight is 574 g/mol. The van der Waals surface area contributed by atoms with Gasteiger partial charge in [0.2, 0.25) is 0 Å². The minimum atomic E-state index is -4.69. The Labute approximate surface area is 234 Å². The van der Waals surface area contributed by atoms with Crippen molar-refractivity contribution >= 4 is 17.6 Å². The minimum Gasteiger partial charge on any atom is -0.489 e. The number of nitro groups is 1. The summed E-state index contributed by atoms with van der Waals surface area (Å²) in [6.45, 7) is 6.98. The van der Waals surface area contributed by atoms with Gasteiger partial charge in [0, 0.05) is 56.4 Å². The molecule has 1 unspecified atom stereocenters. The topological polar surface area (TPSA) is 95.1 Å². The first kappa shape index (κ1) is 28.3. The fourth-order valence-electron chi connectivity index (χ4n) is 4.74. The van der Waals surface area contributed by atoms with Crippen LogP contribution in [0.1, 0.15) is 18.9 Å². The van der Waals surface area contributed by atoms with Gasteiger partial charge < -0.3 is 29.2 Å². The lowest BCUT2D eigenvalue weighted by atomic mass is 10.0. The van der Waals surface area contributed by atoms with Gasteiger partial charge in [-0.15, -0.1) is 13.2 Å². The van der Waals surface area contributed by atoms with Crippen molar-refractivity contribution in [2.75, 3.05) is 44.2 Å². The molecule has 2 aromatic carbocycles. The van der Waals surface area contributed by atoms with Crippen LogP contribution in [0.4, 0.5) is 24.7 Å². The van der Waals surface area contributed by atoms with Gasteiger partial charge in [-0.25, -0.2) is 0 Å². The third-order valence-corrected chi connectivity index (χ3v) is 7.04. The lowest BCUT2D eigenvalue weighted by Crippen LogP contribution is -2.46. The molecule has 0 bridgehead atoms. The molecule has 0 amide bonds. The van der Waals surface area contributed by atoms with Crippen LogP contribution in [0.2, 0.25) is 0 Å². The third kappa shape index (κ3) is 7.48. The first-order valence-corrected chi connectivity index (χ1v) is 13.2. The minimum absolute atomic E-state index is 0.229. The number of alkyl halides is 3. The van der Waals surface area contributed by atoms with Crippen LogP contribution in [-0.4, -0.2) is 70.7 Å². The van der Waals surface area contributed by atoms with Crippen LogP contribution in [0.3, 0.4) is 0 Å². The van der Waals surface area contributed by atoms with E-state index in [9.17, 15) is 23.3 Å². The van der Waals surface area contributed by atoms with Crippen LogP contribution in [0.5, 0.6) is 17.5 Å². The van der Waals surface area contributed by atoms with E-state index in [-0.39, 0.29) is 24.2 Å². The number of hydrogen-bond acceptors (Lipinski definition) is 8. The van der Waals surface area contributed by atoms with Crippen molar-refractivity contribution in [1.82, 2.24) is 14.5 Å². The van der Waals surface area contributed by atoms with Crippen molar-refractivity contribution in [3.05, 3.63) is 76.5 Å². The highest BCUT2D eigenvalue weighted by Crippen LogP contribution is 2.31. The molecule has 41 heavy (non-hydrogen) atoms. The number of aryl methyl sites for hydroxylation is 1. The van der Waals surface area contributed by atoms with Gasteiger partial charge in [0.1, 0.15) is 29.9 Å². The van der Waals surface area contributed by atoms with E-state index in [4.69, 9.17) is 9.47 Å². The van der Waals surface area contributed by atoms with Crippen LogP contribution in [-0.2, 0) is 6.54 Å². The molecule has 1 saturated heterocycles. The summed E-state index contributed by atoms with van der Waals surface area (Å²) in [5.74, 6) is 0.243. The number of anilines is 1. The molecule has 0 aliphatic carbocycles. The van der Waals surface area contributed by atoms with Crippen LogP contribution in [0.25, 0.3) is 6.08 Å². The highest BCUT2D eigenvalue weighted by Gasteiger charge is 2.37. The van der Waals surface area contributed by atoms with E-state index in [2.05, 4.69) is 19.5 Å². The predicted molar refractivity (Wildman–Crippen MR) is 145 cm³/mol. The molecule has 10 nitrogen and oxygen atoms in total. The zero-order chi connectivity index (χ0) is 29.0. The van der Waals surface area contributed by atoms with E-state index in [1.807, 2.05) is 43.3 Å². The van der Waals surface area contributed by atoms with Crippen molar-refractivity contribution in [3.8, 4) is 17.5 Å². The van der Waals surface area contributed by atoms with Gasteiger partial charge >= 0.3 is 18.2 Å². The van der Waals surface area contributed by atoms with Crippen molar-refractivity contribution in [2.24, 2.45) is 0 Å². The first-order chi connectivity index (χ1) is 19.6. The molecule has 0 saturated carbocycles. The van der Waals surface area contributed by atoms with E-state index in [0.717, 1.165) is 44.0 Å². The second-order valence-electron chi connectivity index (χ2n) is 10.2. The number of benzene rings is 2. The molecular formula is C28H30F3N5O5. The summed E-state index contributed by atoms with van der Waals surface area (Å²) in [5.41, 5.74) is 1.26. The number of rotatable bonds is 9. The summed E-state index contributed by atoms with van der Waals surface area (Å²) in [6, 6.07) is 13.9. The molecule has 5 rings (SSSR count). The standard InChI is InChI=1S/C28H30F3N5O5/c1-27(12-14-35-19-25(36(37)38)32-26(35)41-27)20-39-23-10-6-22(7-11-23)34-17-15-33(16-18-34)13-2-3-21-4-8-24(9-5-21)40-28(29,30)31/h2-11,19H,12-18,20H2,1H3/b3-2+.